The fourth-order valence-corrected chi connectivity index (χ4v) is 1.74. The van der Waals surface area contributed by atoms with E-state index in [-0.39, 0.29) is 0 Å². The molecule has 0 aliphatic heterocycles. The Kier molecular flexibility index (Phi) is 8.28. The fourth-order valence-electron chi connectivity index (χ4n) is 1.74. The van der Waals surface area contributed by atoms with Gasteiger partial charge in [0.15, 0.2) is 5.96 Å². The minimum Gasteiger partial charge on any atom is -0.492 e. The first-order chi connectivity index (χ1) is 10.2. The van der Waals surface area contributed by atoms with Gasteiger partial charge in [-0.2, -0.15) is 0 Å². The highest BCUT2D eigenvalue weighted by atomic mass is 16.5. The van der Waals surface area contributed by atoms with Crippen LogP contribution in [-0.2, 0) is 6.54 Å². The molecular formula is C16H28N4O. The number of hydrogen-bond acceptors (Lipinski definition) is 3. The Hall–Kier alpha value is -1.75. The number of ether oxygens (including phenoxy) is 1. The van der Waals surface area contributed by atoms with Crippen LogP contribution < -0.4 is 15.4 Å². The molecule has 0 amide bonds. The second-order valence-electron chi connectivity index (χ2n) is 5.15. The van der Waals surface area contributed by atoms with Crippen LogP contribution in [0.15, 0.2) is 29.3 Å². The lowest BCUT2D eigenvalue weighted by molar-refractivity contribution is 0.261. The molecule has 0 radical (unpaired) electrons. The molecule has 0 unspecified atom stereocenters. The van der Waals surface area contributed by atoms with Gasteiger partial charge >= 0.3 is 0 Å². The SMILES string of the molecule is CCCNC(=NC)NCc1cccc(OCCN(C)C)c1. The largest absolute Gasteiger partial charge is 0.492 e. The van der Waals surface area contributed by atoms with Crippen molar-refractivity contribution >= 4 is 5.96 Å². The lowest BCUT2D eigenvalue weighted by Crippen LogP contribution is -2.37. The van der Waals surface area contributed by atoms with Gasteiger partial charge in [0.25, 0.3) is 0 Å². The van der Waals surface area contributed by atoms with Crippen molar-refractivity contribution in [2.24, 2.45) is 4.99 Å². The molecule has 2 N–H and O–H groups in total. The molecule has 5 nitrogen and oxygen atoms in total. The van der Waals surface area contributed by atoms with Crippen molar-refractivity contribution in [2.45, 2.75) is 19.9 Å². The van der Waals surface area contributed by atoms with Crippen LogP contribution in [0.25, 0.3) is 0 Å². The van der Waals surface area contributed by atoms with E-state index in [1.165, 1.54) is 5.56 Å². The Morgan fingerprint density at radius 1 is 1.29 bits per heavy atom. The van der Waals surface area contributed by atoms with Crippen LogP contribution >= 0.6 is 0 Å². The summed E-state index contributed by atoms with van der Waals surface area (Å²) in [6.45, 7) is 5.40. The molecule has 0 fully saturated rings. The highest BCUT2D eigenvalue weighted by Crippen LogP contribution is 2.13. The summed E-state index contributed by atoms with van der Waals surface area (Å²) in [6, 6.07) is 8.15. The van der Waals surface area contributed by atoms with Gasteiger partial charge in [-0.05, 0) is 38.2 Å². The third-order valence-electron chi connectivity index (χ3n) is 2.93. The van der Waals surface area contributed by atoms with E-state index in [4.69, 9.17) is 4.74 Å². The highest BCUT2D eigenvalue weighted by molar-refractivity contribution is 5.79. The molecule has 1 aromatic rings. The summed E-state index contributed by atoms with van der Waals surface area (Å²) in [5, 5.41) is 6.55. The fraction of sp³-hybridized carbons (Fsp3) is 0.562. The molecule has 0 atom stereocenters. The Morgan fingerprint density at radius 3 is 2.76 bits per heavy atom. The average Bonchev–Trinajstić information content (AvgIpc) is 2.47. The van der Waals surface area contributed by atoms with Crippen LogP contribution in [0.3, 0.4) is 0 Å². The van der Waals surface area contributed by atoms with Crippen molar-refractivity contribution in [1.29, 1.82) is 0 Å². The summed E-state index contributed by atoms with van der Waals surface area (Å²) < 4.78 is 5.74. The Labute approximate surface area is 128 Å². The van der Waals surface area contributed by atoms with Crippen molar-refractivity contribution in [1.82, 2.24) is 15.5 Å². The van der Waals surface area contributed by atoms with E-state index < -0.39 is 0 Å². The third-order valence-corrected chi connectivity index (χ3v) is 2.93. The number of likely N-dealkylation sites (N-methyl/N-ethyl adjacent to an activating group) is 1. The van der Waals surface area contributed by atoms with E-state index in [1.54, 1.807) is 7.05 Å². The van der Waals surface area contributed by atoms with Crippen molar-refractivity contribution in [2.75, 3.05) is 40.8 Å². The predicted octanol–water partition coefficient (Wildman–Crippen LogP) is 1.70. The van der Waals surface area contributed by atoms with Crippen LogP contribution in [0, 0.1) is 0 Å². The number of hydrogen-bond donors (Lipinski definition) is 2. The summed E-state index contributed by atoms with van der Waals surface area (Å²) >= 11 is 0. The summed E-state index contributed by atoms with van der Waals surface area (Å²) in [6.07, 6.45) is 1.08. The molecule has 0 aliphatic rings. The molecule has 0 bridgehead atoms. The van der Waals surface area contributed by atoms with Crippen molar-refractivity contribution in [3.8, 4) is 5.75 Å². The third kappa shape index (κ3) is 7.56. The van der Waals surface area contributed by atoms with Crippen LogP contribution in [0.1, 0.15) is 18.9 Å². The van der Waals surface area contributed by atoms with Gasteiger partial charge in [-0.25, -0.2) is 0 Å². The summed E-state index contributed by atoms with van der Waals surface area (Å²) in [4.78, 5) is 6.30. The highest BCUT2D eigenvalue weighted by Gasteiger charge is 2.00. The predicted molar refractivity (Wildman–Crippen MR) is 89.0 cm³/mol. The average molecular weight is 292 g/mol. The monoisotopic (exact) mass is 292 g/mol. The van der Waals surface area contributed by atoms with Crippen LogP contribution in [0.4, 0.5) is 0 Å². The lowest BCUT2D eigenvalue weighted by atomic mass is 10.2. The molecule has 5 heteroatoms. The molecule has 0 aliphatic carbocycles. The standard InChI is InChI=1S/C16H28N4O/c1-5-9-18-16(17-2)19-13-14-7-6-8-15(12-14)21-11-10-20(3)4/h6-8,12H,5,9-11,13H2,1-4H3,(H2,17,18,19). The second kappa shape index (κ2) is 10.0. The Morgan fingerprint density at radius 2 is 2.10 bits per heavy atom. The Balaban J connectivity index is 2.44. The minimum atomic E-state index is 0.698. The van der Waals surface area contributed by atoms with Gasteiger partial charge in [0, 0.05) is 26.7 Å². The van der Waals surface area contributed by atoms with Gasteiger partial charge in [0.2, 0.25) is 0 Å². The van der Waals surface area contributed by atoms with Crippen LogP contribution in [0.2, 0.25) is 0 Å². The quantitative estimate of drug-likeness (QED) is 0.565. The molecule has 0 saturated heterocycles. The lowest BCUT2D eigenvalue weighted by Gasteiger charge is -2.13. The maximum Gasteiger partial charge on any atom is 0.191 e. The van der Waals surface area contributed by atoms with Gasteiger partial charge < -0.3 is 20.3 Å². The number of benzene rings is 1. The number of aliphatic imine (C=N–C) groups is 1. The van der Waals surface area contributed by atoms with E-state index in [0.717, 1.165) is 37.8 Å². The summed E-state index contributed by atoms with van der Waals surface area (Å²) in [7, 11) is 5.86. The van der Waals surface area contributed by atoms with Crippen LogP contribution in [0.5, 0.6) is 5.75 Å². The van der Waals surface area contributed by atoms with E-state index >= 15 is 0 Å². The number of nitrogens with one attached hydrogen (secondary N) is 2. The number of guanidine groups is 1. The van der Waals surface area contributed by atoms with Gasteiger partial charge in [-0.3, -0.25) is 4.99 Å². The molecule has 1 rings (SSSR count). The summed E-state index contributed by atoms with van der Waals surface area (Å²) in [5.74, 6) is 1.74. The van der Waals surface area contributed by atoms with E-state index in [9.17, 15) is 0 Å². The molecule has 0 saturated carbocycles. The molecule has 0 aromatic heterocycles. The maximum absolute atomic E-state index is 5.74. The van der Waals surface area contributed by atoms with E-state index in [0.29, 0.717) is 6.61 Å². The molecular weight excluding hydrogens is 264 g/mol. The first kappa shape index (κ1) is 17.3. The van der Waals surface area contributed by atoms with Gasteiger partial charge in [0.1, 0.15) is 12.4 Å². The van der Waals surface area contributed by atoms with E-state index in [2.05, 4.69) is 39.6 Å². The Bertz CT molecular complexity index is 432. The zero-order chi connectivity index (χ0) is 15.5. The second-order valence-corrected chi connectivity index (χ2v) is 5.15. The van der Waals surface area contributed by atoms with Crippen molar-refractivity contribution in [3.05, 3.63) is 29.8 Å². The molecule has 1 aromatic carbocycles. The van der Waals surface area contributed by atoms with Crippen LogP contribution in [-0.4, -0.2) is 51.7 Å². The van der Waals surface area contributed by atoms with Gasteiger partial charge in [-0.15, -0.1) is 0 Å². The van der Waals surface area contributed by atoms with E-state index in [1.807, 2.05) is 26.2 Å². The van der Waals surface area contributed by atoms with Crippen molar-refractivity contribution < 1.29 is 4.74 Å². The first-order valence-electron chi connectivity index (χ1n) is 7.46. The zero-order valence-electron chi connectivity index (χ0n) is 13.6. The van der Waals surface area contributed by atoms with Gasteiger partial charge in [-0.1, -0.05) is 19.1 Å². The topological polar surface area (TPSA) is 48.9 Å². The normalized spacial score (nSPS) is 11.6. The zero-order valence-corrected chi connectivity index (χ0v) is 13.6. The van der Waals surface area contributed by atoms with Gasteiger partial charge in [0.05, 0.1) is 0 Å². The number of rotatable bonds is 8. The molecule has 0 heterocycles. The molecule has 21 heavy (non-hydrogen) atoms. The summed E-state index contributed by atoms with van der Waals surface area (Å²) in [5.41, 5.74) is 1.18. The first-order valence-corrected chi connectivity index (χ1v) is 7.46. The minimum absolute atomic E-state index is 0.698. The smallest absolute Gasteiger partial charge is 0.191 e. The molecule has 0 spiro atoms. The maximum atomic E-state index is 5.74. The molecule has 118 valence electrons. The number of nitrogens with zero attached hydrogens (tertiary/aromatic N) is 2. The van der Waals surface area contributed by atoms with Crippen molar-refractivity contribution in [3.63, 3.8) is 0 Å².